The number of nitrogens with one attached hydrogen (secondary N) is 1. The molecule has 0 radical (unpaired) electrons. The fourth-order valence-corrected chi connectivity index (χ4v) is 4.21. The summed E-state index contributed by atoms with van der Waals surface area (Å²) in [5, 5.41) is 1.10. The van der Waals surface area contributed by atoms with E-state index in [1.165, 1.54) is 6.08 Å². The van der Waals surface area contributed by atoms with Crippen LogP contribution in [0.3, 0.4) is 0 Å². The van der Waals surface area contributed by atoms with Crippen LogP contribution in [0.25, 0.3) is 6.08 Å². The zero-order valence-corrected chi connectivity index (χ0v) is 17.1. The molecule has 0 spiro atoms. The van der Waals surface area contributed by atoms with Crippen molar-refractivity contribution in [3.05, 3.63) is 41.3 Å². The molecule has 3 rings (SSSR count). The predicted octanol–water partition coefficient (Wildman–Crippen LogP) is 0.817. The third-order valence-electron chi connectivity index (χ3n) is 5.03. The van der Waals surface area contributed by atoms with Crippen LogP contribution in [0.1, 0.15) is 24.8 Å². The van der Waals surface area contributed by atoms with Gasteiger partial charge in [0.05, 0.1) is 0 Å². The quantitative estimate of drug-likeness (QED) is 0.703. The molecule has 2 heterocycles. The van der Waals surface area contributed by atoms with Gasteiger partial charge in [-0.1, -0.05) is 30.3 Å². The number of amides is 2. The monoisotopic (exact) mass is 421 g/mol. The van der Waals surface area contributed by atoms with Gasteiger partial charge in [0, 0.05) is 51.2 Å². The summed E-state index contributed by atoms with van der Waals surface area (Å²) in [7, 11) is -3.60. The molecule has 0 aliphatic carbocycles. The van der Waals surface area contributed by atoms with E-state index >= 15 is 0 Å². The average Bonchev–Trinajstić information content (AvgIpc) is 3.27. The number of hydrogen-bond donors (Lipinski definition) is 1. The Bertz CT molecular complexity index is 827. The molecule has 8 nitrogen and oxygen atoms in total. The van der Waals surface area contributed by atoms with Crippen molar-refractivity contribution in [3.63, 3.8) is 0 Å². The Kier molecular flexibility index (Phi) is 7.40. The van der Waals surface area contributed by atoms with Crippen molar-refractivity contribution in [2.24, 2.45) is 0 Å². The SMILES string of the molecule is O=C(CCNS(=O)(=O)/C=C/c1ccccc1)N1CCN(C(=O)C2CCCO2)CC1. The summed E-state index contributed by atoms with van der Waals surface area (Å²) in [6.45, 7) is 2.54. The predicted molar refractivity (Wildman–Crippen MR) is 109 cm³/mol. The molecule has 2 aliphatic rings. The second-order valence-electron chi connectivity index (χ2n) is 7.11. The summed E-state index contributed by atoms with van der Waals surface area (Å²) in [4.78, 5) is 28.1. The minimum Gasteiger partial charge on any atom is -0.368 e. The Labute approximate surface area is 171 Å². The lowest BCUT2D eigenvalue weighted by atomic mass is 10.2. The zero-order chi connectivity index (χ0) is 20.7. The molecule has 29 heavy (non-hydrogen) atoms. The summed E-state index contributed by atoms with van der Waals surface area (Å²) < 4.78 is 31.9. The van der Waals surface area contributed by atoms with Gasteiger partial charge >= 0.3 is 0 Å². The fraction of sp³-hybridized carbons (Fsp3) is 0.500. The summed E-state index contributed by atoms with van der Waals surface area (Å²) in [6, 6.07) is 9.12. The number of carbonyl (C=O) groups excluding carboxylic acids is 2. The summed E-state index contributed by atoms with van der Waals surface area (Å²) in [5.74, 6) is -0.114. The first-order valence-corrected chi connectivity index (χ1v) is 11.4. The van der Waals surface area contributed by atoms with Gasteiger partial charge in [0.2, 0.25) is 15.9 Å². The number of carbonyl (C=O) groups is 2. The molecule has 2 saturated heterocycles. The molecule has 1 N–H and O–H groups in total. The minimum absolute atomic E-state index is 0.00700. The molecule has 0 aromatic heterocycles. The normalized spacial score (nSPS) is 20.3. The van der Waals surface area contributed by atoms with Crippen LogP contribution < -0.4 is 4.72 Å². The van der Waals surface area contributed by atoms with E-state index in [0.29, 0.717) is 32.8 Å². The maximum atomic E-state index is 12.3. The van der Waals surface area contributed by atoms with Crippen LogP contribution in [0.5, 0.6) is 0 Å². The van der Waals surface area contributed by atoms with Gasteiger partial charge in [0.15, 0.2) is 0 Å². The molecule has 1 aromatic carbocycles. The maximum absolute atomic E-state index is 12.3. The Hall–Kier alpha value is -2.23. The molecule has 2 aliphatic heterocycles. The van der Waals surface area contributed by atoms with Crippen molar-refractivity contribution < 1.29 is 22.7 Å². The lowest BCUT2D eigenvalue weighted by Gasteiger charge is -2.35. The van der Waals surface area contributed by atoms with E-state index in [1.54, 1.807) is 21.9 Å². The van der Waals surface area contributed by atoms with Crippen LogP contribution in [0.4, 0.5) is 0 Å². The molecular formula is C20H27N3O5S. The van der Waals surface area contributed by atoms with Crippen molar-refractivity contribution in [1.82, 2.24) is 14.5 Å². The van der Waals surface area contributed by atoms with Crippen molar-refractivity contribution in [2.75, 3.05) is 39.3 Å². The van der Waals surface area contributed by atoms with E-state index in [1.807, 2.05) is 18.2 Å². The van der Waals surface area contributed by atoms with Crippen LogP contribution in [0.2, 0.25) is 0 Å². The molecule has 0 saturated carbocycles. The van der Waals surface area contributed by atoms with Gasteiger partial charge in [-0.15, -0.1) is 0 Å². The van der Waals surface area contributed by atoms with E-state index in [2.05, 4.69) is 4.72 Å². The Morgan fingerprint density at radius 2 is 1.79 bits per heavy atom. The molecule has 1 atom stereocenters. The van der Waals surface area contributed by atoms with E-state index in [9.17, 15) is 18.0 Å². The van der Waals surface area contributed by atoms with Crippen molar-refractivity contribution in [3.8, 4) is 0 Å². The van der Waals surface area contributed by atoms with Gasteiger partial charge in [-0.25, -0.2) is 13.1 Å². The summed E-state index contributed by atoms with van der Waals surface area (Å²) in [6.07, 6.45) is 2.92. The average molecular weight is 422 g/mol. The molecule has 1 aromatic rings. The lowest BCUT2D eigenvalue weighted by Crippen LogP contribution is -2.53. The molecule has 2 fully saturated rings. The largest absolute Gasteiger partial charge is 0.368 e. The highest BCUT2D eigenvalue weighted by atomic mass is 32.2. The highest BCUT2D eigenvalue weighted by Crippen LogP contribution is 2.16. The molecule has 2 amide bonds. The number of ether oxygens (including phenoxy) is 1. The minimum atomic E-state index is -3.60. The van der Waals surface area contributed by atoms with Gasteiger partial charge in [0.25, 0.3) is 5.91 Å². The number of hydrogen-bond acceptors (Lipinski definition) is 5. The molecule has 0 bridgehead atoms. The Morgan fingerprint density at radius 1 is 1.10 bits per heavy atom. The van der Waals surface area contributed by atoms with Crippen molar-refractivity contribution in [2.45, 2.75) is 25.4 Å². The van der Waals surface area contributed by atoms with Crippen LogP contribution >= 0.6 is 0 Å². The first-order valence-electron chi connectivity index (χ1n) is 9.85. The van der Waals surface area contributed by atoms with Gasteiger partial charge < -0.3 is 14.5 Å². The van der Waals surface area contributed by atoms with Crippen LogP contribution in [-0.2, 0) is 24.3 Å². The fourth-order valence-electron chi connectivity index (χ4n) is 3.39. The van der Waals surface area contributed by atoms with Crippen molar-refractivity contribution >= 4 is 27.9 Å². The topological polar surface area (TPSA) is 96.0 Å². The van der Waals surface area contributed by atoms with Crippen molar-refractivity contribution in [1.29, 1.82) is 0 Å². The number of sulfonamides is 1. The Balaban J connectivity index is 1.38. The molecular weight excluding hydrogens is 394 g/mol. The van der Waals surface area contributed by atoms with E-state index in [0.717, 1.165) is 23.8 Å². The van der Waals surface area contributed by atoms with E-state index in [-0.39, 0.29) is 30.9 Å². The molecule has 9 heteroatoms. The third-order valence-corrected chi connectivity index (χ3v) is 6.13. The van der Waals surface area contributed by atoms with Gasteiger partial charge in [-0.3, -0.25) is 9.59 Å². The van der Waals surface area contributed by atoms with E-state index < -0.39 is 10.0 Å². The highest BCUT2D eigenvalue weighted by Gasteiger charge is 2.31. The smallest absolute Gasteiger partial charge is 0.251 e. The number of rotatable bonds is 7. The van der Waals surface area contributed by atoms with Gasteiger partial charge in [-0.05, 0) is 24.5 Å². The van der Waals surface area contributed by atoms with Crippen LogP contribution in [0, 0.1) is 0 Å². The standard InChI is InChI=1S/C20H27N3O5S/c24-19(8-10-21-29(26,27)16-9-17-5-2-1-3-6-17)22-11-13-23(14-12-22)20(25)18-7-4-15-28-18/h1-3,5-6,9,16,18,21H,4,7-8,10-15H2/b16-9+. The molecule has 1 unspecified atom stereocenters. The lowest BCUT2D eigenvalue weighted by molar-refractivity contribution is -0.145. The number of piperazine rings is 1. The number of benzene rings is 1. The molecule has 158 valence electrons. The third kappa shape index (κ3) is 6.38. The Morgan fingerprint density at radius 3 is 2.45 bits per heavy atom. The highest BCUT2D eigenvalue weighted by molar-refractivity contribution is 7.92. The van der Waals surface area contributed by atoms with Gasteiger partial charge in [-0.2, -0.15) is 0 Å². The second-order valence-corrected chi connectivity index (χ2v) is 8.76. The summed E-state index contributed by atoms with van der Waals surface area (Å²) in [5.41, 5.74) is 0.782. The van der Waals surface area contributed by atoms with E-state index in [4.69, 9.17) is 4.74 Å². The first-order chi connectivity index (χ1) is 13.9. The van der Waals surface area contributed by atoms with Crippen LogP contribution in [0.15, 0.2) is 35.7 Å². The first kappa shape index (κ1) is 21.5. The number of nitrogens with zero attached hydrogens (tertiary/aromatic N) is 2. The van der Waals surface area contributed by atoms with Gasteiger partial charge in [0.1, 0.15) is 6.10 Å². The second kappa shape index (κ2) is 10.00. The maximum Gasteiger partial charge on any atom is 0.251 e. The summed E-state index contributed by atoms with van der Waals surface area (Å²) >= 11 is 0. The van der Waals surface area contributed by atoms with Crippen LogP contribution in [-0.4, -0.2) is 75.5 Å². The zero-order valence-electron chi connectivity index (χ0n) is 16.3.